The highest BCUT2D eigenvalue weighted by Gasteiger charge is 2.39. The SMILES string of the molecule is CC(O)(c1cccc(-n2cnnn2)c1)C(F)C(=O)O. The summed E-state index contributed by atoms with van der Waals surface area (Å²) < 4.78 is 14.9. The maximum atomic E-state index is 13.6. The van der Waals surface area contributed by atoms with Gasteiger partial charge in [-0.3, -0.25) is 0 Å². The zero-order valence-corrected chi connectivity index (χ0v) is 9.93. The number of carbonyl (C=O) groups is 1. The quantitative estimate of drug-likeness (QED) is 0.825. The van der Waals surface area contributed by atoms with E-state index in [-0.39, 0.29) is 5.56 Å². The molecule has 1 aromatic heterocycles. The van der Waals surface area contributed by atoms with Crippen molar-refractivity contribution in [2.75, 3.05) is 0 Å². The summed E-state index contributed by atoms with van der Waals surface area (Å²) in [7, 11) is 0. The van der Waals surface area contributed by atoms with E-state index in [1.54, 1.807) is 12.1 Å². The number of carboxylic acid groups (broad SMARTS) is 1. The van der Waals surface area contributed by atoms with Crippen LogP contribution in [0, 0.1) is 0 Å². The largest absolute Gasteiger partial charge is 0.479 e. The van der Waals surface area contributed by atoms with Crippen molar-refractivity contribution in [3.05, 3.63) is 36.2 Å². The minimum absolute atomic E-state index is 0.121. The average Bonchev–Trinajstić information content (AvgIpc) is 2.91. The number of rotatable bonds is 4. The van der Waals surface area contributed by atoms with Gasteiger partial charge in [0.1, 0.15) is 11.9 Å². The molecule has 1 heterocycles. The average molecular weight is 266 g/mol. The van der Waals surface area contributed by atoms with Crippen LogP contribution in [0.4, 0.5) is 4.39 Å². The third-order valence-electron chi connectivity index (χ3n) is 2.75. The summed E-state index contributed by atoms with van der Waals surface area (Å²) in [5.74, 6) is -1.72. The van der Waals surface area contributed by atoms with Crippen LogP contribution in [0.15, 0.2) is 30.6 Å². The van der Waals surface area contributed by atoms with E-state index in [4.69, 9.17) is 5.11 Å². The van der Waals surface area contributed by atoms with Gasteiger partial charge in [-0.25, -0.2) is 13.9 Å². The van der Waals surface area contributed by atoms with Crippen molar-refractivity contribution in [1.29, 1.82) is 0 Å². The van der Waals surface area contributed by atoms with Crippen LogP contribution in [0.3, 0.4) is 0 Å². The highest BCUT2D eigenvalue weighted by atomic mass is 19.1. The number of carboxylic acids is 1. The van der Waals surface area contributed by atoms with Crippen molar-refractivity contribution in [3.63, 3.8) is 0 Å². The highest BCUT2D eigenvalue weighted by molar-refractivity contribution is 5.74. The fourth-order valence-electron chi connectivity index (χ4n) is 1.63. The van der Waals surface area contributed by atoms with Gasteiger partial charge in [-0.05, 0) is 35.0 Å². The van der Waals surface area contributed by atoms with E-state index in [0.29, 0.717) is 5.69 Å². The topological polar surface area (TPSA) is 101 Å². The Morgan fingerprint density at radius 1 is 1.53 bits per heavy atom. The first kappa shape index (κ1) is 13.1. The van der Waals surface area contributed by atoms with E-state index >= 15 is 0 Å². The van der Waals surface area contributed by atoms with Crippen LogP contribution in [0.25, 0.3) is 5.69 Å². The molecule has 2 rings (SSSR count). The fraction of sp³-hybridized carbons (Fsp3) is 0.273. The molecule has 0 aliphatic heterocycles. The Balaban J connectivity index is 2.41. The van der Waals surface area contributed by atoms with Gasteiger partial charge in [-0.1, -0.05) is 12.1 Å². The molecule has 7 nitrogen and oxygen atoms in total. The van der Waals surface area contributed by atoms with Crippen LogP contribution in [-0.2, 0) is 10.4 Å². The molecule has 0 spiro atoms. The Hall–Kier alpha value is -2.35. The van der Waals surface area contributed by atoms with E-state index in [9.17, 15) is 14.3 Å². The molecule has 1 aromatic carbocycles. The van der Waals surface area contributed by atoms with Crippen molar-refractivity contribution in [2.24, 2.45) is 0 Å². The van der Waals surface area contributed by atoms with Crippen LogP contribution in [0.1, 0.15) is 12.5 Å². The van der Waals surface area contributed by atoms with Gasteiger partial charge in [-0.15, -0.1) is 5.10 Å². The molecule has 2 N–H and O–H groups in total. The number of halogens is 1. The first-order chi connectivity index (χ1) is 8.93. The lowest BCUT2D eigenvalue weighted by atomic mass is 9.91. The van der Waals surface area contributed by atoms with Gasteiger partial charge in [0.2, 0.25) is 6.17 Å². The van der Waals surface area contributed by atoms with Crippen LogP contribution in [0.2, 0.25) is 0 Å². The molecular weight excluding hydrogens is 255 g/mol. The van der Waals surface area contributed by atoms with E-state index < -0.39 is 17.7 Å². The molecule has 2 unspecified atom stereocenters. The molecule has 0 aliphatic carbocycles. The van der Waals surface area contributed by atoms with Gasteiger partial charge in [-0.2, -0.15) is 0 Å². The summed E-state index contributed by atoms with van der Waals surface area (Å²) in [6.07, 6.45) is -1.10. The number of hydrogen-bond acceptors (Lipinski definition) is 5. The van der Waals surface area contributed by atoms with Crippen LogP contribution in [0.5, 0.6) is 0 Å². The minimum atomic E-state index is -2.43. The summed E-state index contributed by atoms with van der Waals surface area (Å²) in [5.41, 5.74) is -1.54. The van der Waals surface area contributed by atoms with Gasteiger partial charge >= 0.3 is 5.97 Å². The van der Waals surface area contributed by atoms with Gasteiger partial charge in [0.15, 0.2) is 0 Å². The predicted molar refractivity (Wildman–Crippen MR) is 61.3 cm³/mol. The van der Waals surface area contributed by atoms with Crippen molar-refractivity contribution >= 4 is 5.97 Å². The minimum Gasteiger partial charge on any atom is -0.479 e. The monoisotopic (exact) mass is 266 g/mol. The van der Waals surface area contributed by atoms with Crippen molar-refractivity contribution in [1.82, 2.24) is 20.2 Å². The van der Waals surface area contributed by atoms with Gasteiger partial charge in [0.05, 0.1) is 5.69 Å². The molecule has 0 radical (unpaired) electrons. The zero-order chi connectivity index (χ0) is 14.0. The van der Waals surface area contributed by atoms with Crippen molar-refractivity contribution in [2.45, 2.75) is 18.7 Å². The first-order valence-corrected chi connectivity index (χ1v) is 5.36. The number of aliphatic carboxylic acids is 1. The Kier molecular flexibility index (Phi) is 3.26. The first-order valence-electron chi connectivity index (χ1n) is 5.36. The molecule has 2 aromatic rings. The number of aliphatic hydroxyl groups is 1. The molecular formula is C11H11FN4O3. The second kappa shape index (κ2) is 4.73. The molecule has 19 heavy (non-hydrogen) atoms. The summed E-state index contributed by atoms with van der Waals surface area (Å²) in [5, 5.41) is 29.3. The second-order valence-electron chi connectivity index (χ2n) is 4.15. The molecule has 0 saturated heterocycles. The number of alkyl halides is 1. The van der Waals surface area contributed by atoms with Crippen LogP contribution < -0.4 is 0 Å². The molecule has 0 aliphatic rings. The number of nitrogens with zero attached hydrogens (tertiary/aromatic N) is 4. The van der Waals surface area contributed by atoms with E-state index in [1.165, 1.54) is 23.1 Å². The summed E-state index contributed by atoms with van der Waals surface area (Å²) in [6.45, 7) is 1.10. The van der Waals surface area contributed by atoms with Crippen LogP contribution in [-0.4, -0.2) is 42.6 Å². The third kappa shape index (κ3) is 2.43. The molecule has 8 heteroatoms. The number of tetrazole rings is 1. The Bertz CT molecular complexity index is 585. The fourth-order valence-corrected chi connectivity index (χ4v) is 1.63. The molecule has 0 fully saturated rings. The van der Waals surface area contributed by atoms with Crippen LogP contribution >= 0.6 is 0 Å². The van der Waals surface area contributed by atoms with E-state index in [0.717, 1.165) is 6.92 Å². The maximum Gasteiger partial charge on any atom is 0.341 e. The Morgan fingerprint density at radius 2 is 2.26 bits per heavy atom. The summed E-state index contributed by atoms with van der Waals surface area (Å²) in [6, 6.07) is 6.05. The Labute approximate surface area is 107 Å². The lowest BCUT2D eigenvalue weighted by Gasteiger charge is -2.25. The molecule has 0 bridgehead atoms. The third-order valence-corrected chi connectivity index (χ3v) is 2.75. The number of aromatic nitrogens is 4. The maximum absolute atomic E-state index is 13.6. The van der Waals surface area contributed by atoms with E-state index in [1.807, 2.05) is 0 Å². The summed E-state index contributed by atoms with van der Waals surface area (Å²) >= 11 is 0. The smallest absolute Gasteiger partial charge is 0.341 e. The molecule has 2 atom stereocenters. The Morgan fingerprint density at radius 3 is 2.84 bits per heavy atom. The number of benzene rings is 1. The van der Waals surface area contributed by atoms with E-state index in [2.05, 4.69) is 15.5 Å². The number of hydrogen-bond donors (Lipinski definition) is 2. The normalized spacial score (nSPS) is 15.7. The lowest BCUT2D eigenvalue weighted by Crippen LogP contribution is -2.39. The van der Waals surface area contributed by atoms with Gasteiger partial charge < -0.3 is 10.2 Å². The summed E-state index contributed by atoms with van der Waals surface area (Å²) in [4.78, 5) is 10.7. The molecule has 0 amide bonds. The predicted octanol–water partition coefficient (Wildman–Crippen LogP) is 0.292. The van der Waals surface area contributed by atoms with Gasteiger partial charge in [0.25, 0.3) is 0 Å². The lowest BCUT2D eigenvalue weighted by molar-refractivity contribution is -0.153. The standard InChI is InChI=1S/C11H11FN4O3/c1-11(19,9(12)10(17)18)7-3-2-4-8(5-7)16-6-13-14-15-16/h2-6,9,19H,1H3,(H,17,18). The zero-order valence-electron chi connectivity index (χ0n) is 9.93. The molecule has 100 valence electrons. The second-order valence-corrected chi connectivity index (χ2v) is 4.15. The highest BCUT2D eigenvalue weighted by Crippen LogP contribution is 2.28. The van der Waals surface area contributed by atoms with Gasteiger partial charge in [0, 0.05) is 0 Å². The molecule has 0 saturated carbocycles. The van der Waals surface area contributed by atoms with Crippen molar-refractivity contribution in [3.8, 4) is 5.69 Å². The van der Waals surface area contributed by atoms with Crippen molar-refractivity contribution < 1.29 is 19.4 Å².